The van der Waals surface area contributed by atoms with E-state index in [-0.39, 0.29) is 0 Å². The number of hydrogen-bond donors (Lipinski definition) is 0. The third-order valence-electron chi connectivity index (χ3n) is 1.97. The molecule has 1 aromatic heterocycles. The molecule has 18 heavy (non-hydrogen) atoms. The molecule has 0 fully saturated rings. The standard InChI is InChI=1S/C8H7O2.C6H5OS/c9-7-10-6-8-4-2-1-3-5-8;7-4-3-6-2-1-5-8-6/h1-5H,6H2;1-2,5H,3H2. The van der Waals surface area contributed by atoms with Gasteiger partial charge < -0.3 is 4.74 Å². The van der Waals surface area contributed by atoms with Crippen LogP contribution in [0.1, 0.15) is 10.4 Å². The smallest absolute Gasteiger partial charge is 0.417 e. The summed E-state index contributed by atoms with van der Waals surface area (Å²) in [6.07, 6.45) is 2.27. The lowest BCUT2D eigenvalue weighted by molar-refractivity contribution is 0.267. The average molecular weight is 260 g/mol. The number of rotatable bonds is 5. The molecule has 0 amide bonds. The van der Waals surface area contributed by atoms with E-state index in [1.54, 1.807) is 11.3 Å². The summed E-state index contributed by atoms with van der Waals surface area (Å²) in [5.41, 5.74) is 0.978. The molecule has 3 nitrogen and oxygen atoms in total. The van der Waals surface area contributed by atoms with Crippen molar-refractivity contribution in [3.8, 4) is 0 Å². The van der Waals surface area contributed by atoms with Crippen LogP contribution in [0.4, 0.5) is 0 Å². The van der Waals surface area contributed by atoms with Crippen molar-refractivity contribution < 1.29 is 14.3 Å². The van der Waals surface area contributed by atoms with Gasteiger partial charge in [-0.3, -0.25) is 4.79 Å². The van der Waals surface area contributed by atoms with Crippen molar-refractivity contribution in [2.24, 2.45) is 0 Å². The zero-order valence-electron chi connectivity index (χ0n) is 9.67. The lowest BCUT2D eigenvalue weighted by Gasteiger charge is -1.95. The normalized spacial score (nSPS) is 8.89. The predicted octanol–water partition coefficient (Wildman–Crippen LogP) is 2.67. The minimum atomic E-state index is 0.310. The fourth-order valence-electron chi connectivity index (χ4n) is 1.17. The van der Waals surface area contributed by atoms with Gasteiger partial charge in [0.2, 0.25) is 6.29 Å². The van der Waals surface area contributed by atoms with Gasteiger partial charge in [-0.2, -0.15) is 0 Å². The van der Waals surface area contributed by atoms with Gasteiger partial charge in [-0.1, -0.05) is 36.4 Å². The van der Waals surface area contributed by atoms with E-state index in [4.69, 9.17) is 0 Å². The van der Waals surface area contributed by atoms with Crippen LogP contribution in [-0.4, -0.2) is 12.8 Å². The van der Waals surface area contributed by atoms with Crippen LogP contribution in [0.25, 0.3) is 0 Å². The first-order valence-electron chi connectivity index (χ1n) is 5.27. The maximum absolute atomic E-state index is 9.75. The van der Waals surface area contributed by atoms with E-state index in [1.807, 2.05) is 54.1 Å². The van der Waals surface area contributed by atoms with Gasteiger partial charge in [0.05, 0.1) is 0 Å². The first kappa shape index (κ1) is 14.1. The summed E-state index contributed by atoms with van der Waals surface area (Å²) in [6.45, 7) is 1.68. The van der Waals surface area contributed by atoms with E-state index in [2.05, 4.69) is 4.74 Å². The molecule has 2 aromatic rings. The highest BCUT2D eigenvalue weighted by atomic mass is 32.1. The fraction of sp³-hybridized carbons (Fsp3) is 0.143. The molecule has 1 aromatic carbocycles. The zero-order chi connectivity index (χ0) is 13.1. The summed E-state index contributed by atoms with van der Waals surface area (Å²) in [6, 6.07) is 13.3. The van der Waals surface area contributed by atoms with Gasteiger partial charge in [-0.15, -0.1) is 11.3 Å². The Morgan fingerprint density at radius 1 is 1.06 bits per heavy atom. The molecule has 0 aliphatic heterocycles. The molecule has 2 radical (unpaired) electrons. The number of hydrogen-bond acceptors (Lipinski definition) is 4. The molecule has 0 aliphatic carbocycles. The highest BCUT2D eigenvalue weighted by Crippen LogP contribution is 2.06. The highest BCUT2D eigenvalue weighted by Gasteiger charge is 1.89. The maximum Gasteiger partial charge on any atom is 0.417 e. The van der Waals surface area contributed by atoms with Crippen LogP contribution in [0.2, 0.25) is 0 Å². The van der Waals surface area contributed by atoms with Crippen LogP contribution < -0.4 is 0 Å². The van der Waals surface area contributed by atoms with Crippen molar-refractivity contribution in [1.29, 1.82) is 0 Å². The van der Waals surface area contributed by atoms with Crippen molar-refractivity contribution in [2.75, 3.05) is 0 Å². The molecule has 0 bridgehead atoms. The van der Waals surface area contributed by atoms with Crippen molar-refractivity contribution in [3.05, 3.63) is 58.3 Å². The summed E-state index contributed by atoms with van der Waals surface area (Å²) >= 11 is 1.58. The Morgan fingerprint density at radius 3 is 2.39 bits per heavy atom. The van der Waals surface area contributed by atoms with Gasteiger partial charge in [0, 0.05) is 11.3 Å². The summed E-state index contributed by atoms with van der Waals surface area (Å²) in [5.74, 6) is 0. The molecule has 0 N–H and O–H groups in total. The zero-order valence-corrected chi connectivity index (χ0v) is 10.5. The van der Waals surface area contributed by atoms with Crippen molar-refractivity contribution in [2.45, 2.75) is 13.0 Å². The van der Waals surface area contributed by atoms with E-state index in [0.717, 1.165) is 10.4 Å². The Balaban J connectivity index is 0.000000184. The average Bonchev–Trinajstić information content (AvgIpc) is 2.92. The lowest BCUT2D eigenvalue weighted by Crippen LogP contribution is -1.87. The predicted molar refractivity (Wildman–Crippen MR) is 70.6 cm³/mol. The van der Waals surface area contributed by atoms with Crippen LogP contribution in [-0.2, 0) is 27.4 Å². The van der Waals surface area contributed by atoms with Crippen LogP contribution in [0, 0.1) is 0 Å². The quantitative estimate of drug-likeness (QED) is 0.830. The van der Waals surface area contributed by atoms with Gasteiger partial charge in [0.25, 0.3) is 0 Å². The molecule has 0 aliphatic rings. The molecule has 0 saturated carbocycles. The van der Waals surface area contributed by atoms with Gasteiger partial charge in [-0.25, -0.2) is 4.79 Å². The second kappa shape index (κ2) is 9.13. The van der Waals surface area contributed by atoms with Gasteiger partial charge >= 0.3 is 6.47 Å². The number of ether oxygens (including phenoxy) is 1. The summed E-state index contributed by atoms with van der Waals surface area (Å²) < 4.78 is 4.41. The van der Waals surface area contributed by atoms with E-state index in [9.17, 15) is 9.59 Å². The summed E-state index contributed by atoms with van der Waals surface area (Å²) in [5, 5.41) is 1.95. The van der Waals surface area contributed by atoms with E-state index in [1.165, 1.54) is 6.47 Å². The minimum Gasteiger partial charge on any atom is -0.452 e. The lowest BCUT2D eigenvalue weighted by atomic mass is 10.2. The molecule has 4 heteroatoms. The van der Waals surface area contributed by atoms with Gasteiger partial charge in [0.15, 0.2) is 0 Å². The van der Waals surface area contributed by atoms with Crippen LogP contribution in [0.5, 0.6) is 0 Å². The Kier molecular flexibility index (Phi) is 7.16. The number of thiophene rings is 1. The SMILES string of the molecule is O=[C]Cc1cccs1.O=[C]OCc1ccccc1. The molecule has 0 unspecified atom stereocenters. The largest absolute Gasteiger partial charge is 0.452 e. The fourth-order valence-corrected chi connectivity index (χ4v) is 1.80. The first-order valence-corrected chi connectivity index (χ1v) is 6.15. The van der Waals surface area contributed by atoms with Gasteiger partial charge in [-0.05, 0) is 17.0 Å². The molecular weight excluding hydrogens is 248 g/mol. The topological polar surface area (TPSA) is 43.4 Å². The van der Waals surface area contributed by atoms with E-state index in [0.29, 0.717) is 13.0 Å². The first-order chi connectivity index (χ1) is 8.86. The van der Waals surface area contributed by atoms with Crippen LogP contribution in [0.3, 0.4) is 0 Å². The minimum absolute atomic E-state index is 0.310. The Morgan fingerprint density at radius 2 is 1.83 bits per heavy atom. The third kappa shape index (κ3) is 5.96. The van der Waals surface area contributed by atoms with Crippen molar-refractivity contribution in [1.82, 2.24) is 0 Å². The van der Waals surface area contributed by atoms with Crippen LogP contribution in [0.15, 0.2) is 47.8 Å². The molecule has 0 spiro atoms. The number of benzene rings is 1. The second-order valence-corrected chi connectivity index (χ2v) is 4.29. The summed E-state index contributed by atoms with van der Waals surface area (Å²) in [4.78, 5) is 20.5. The van der Waals surface area contributed by atoms with E-state index < -0.39 is 0 Å². The molecule has 1 heterocycles. The van der Waals surface area contributed by atoms with Crippen molar-refractivity contribution >= 4 is 24.1 Å². The summed E-state index contributed by atoms with van der Waals surface area (Å²) in [7, 11) is 0. The van der Waals surface area contributed by atoms with Crippen molar-refractivity contribution in [3.63, 3.8) is 0 Å². The van der Waals surface area contributed by atoms with Gasteiger partial charge in [0.1, 0.15) is 6.61 Å². The molecule has 92 valence electrons. The molecule has 2 rings (SSSR count). The highest BCUT2D eigenvalue weighted by molar-refractivity contribution is 7.10. The van der Waals surface area contributed by atoms with Crippen LogP contribution >= 0.6 is 11.3 Å². The van der Waals surface area contributed by atoms with E-state index >= 15 is 0 Å². The Bertz CT molecular complexity index is 437. The number of carbonyl (C=O) groups excluding carboxylic acids is 2. The Hall–Kier alpha value is -1.94. The second-order valence-electron chi connectivity index (χ2n) is 3.26. The third-order valence-corrected chi connectivity index (χ3v) is 2.84. The molecule has 0 saturated heterocycles. The maximum atomic E-state index is 9.75. The monoisotopic (exact) mass is 260 g/mol. The molecule has 0 atom stereocenters. The Labute approximate surface area is 110 Å². The molecular formula is C14H12O3S.